The maximum Gasteiger partial charge on any atom is 0.407 e. The number of ether oxygens (including phenoxy) is 1. The number of carboxylic acids is 1. The molecule has 0 spiro atoms. The molecule has 1 fully saturated rings. The van der Waals surface area contributed by atoms with Gasteiger partial charge in [0.2, 0.25) is 0 Å². The van der Waals surface area contributed by atoms with Crippen LogP contribution in [0.1, 0.15) is 27.7 Å². The van der Waals surface area contributed by atoms with Gasteiger partial charge in [0.05, 0.1) is 12.5 Å². The van der Waals surface area contributed by atoms with Crippen LogP contribution in [0.5, 0.6) is 0 Å². The van der Waals surface area contributed by atoms with Gasteiger partial charge in [0.1, 0.15) is 5.60 Å². The Morgan fingerprint density at radius 2 is 1.95 bits per heavy atom. The number of carbonyl (C=O) groups excluding carboxylic acids is 3. The van der Waals surface area contributed by atoms with Crippen LogP contribution in [0.3, 0.4) is 0 Å². The second-order valence-corrected chi connectivity index (χ2v) is 5.79. The molecule has 1 aliphatic heterocycles. The molecule has 0 bridgehead atoms. The molecule has 2 unspecified atom stereocenters. The summed E-state index contributed by atoms with van der Waals surface area (Å²) < 4.78 is 5.00. The van der Waals surface area contributed by atoms with Gasteiger partial charge in [-0.05, 0) is 27.7 Å². The van der Waals surface area contributed by atoms with Crippen molar-refractivity contribution in [2.45, 2.75) is 38.8 Å². The highest BCUT2D eigenvalue weighted by atomic mass is 16.6. The Balaban J connectivity index is 2.86. The van der Waals surface area contributed by atoms with Crippen LogP contribution in [0, 0.1) is 5.92 Å². The van der Waals surface area contributed by atoms with E-state index in [0.29, 0.717) is 0 Å². The van der Waals surface area contributed by atoms with Crippen molar-refractivity contribution in [3.63, 3.8) is 0 Å². The summed E-state index contributed by atoms with van der Waals surface area (Å²) >= 11 is 0. The van der Waals surface area contributed by atoms with E-state index < -0.39 is 47.6 Å². The Morgan fingerprint density at radius 3 is 2.33 bits per heavy atom. The Bertz CT molecular complexity index is 484. The normalized spacial score (nSPS) is 23.0. The Hall–Kier alpha value is -2.32. The number of amides is 4. The monoisotopic (exact) mass is 301 g/mol. The number of carbonyl (C=O) groups is 4. The van der Waals surface area contributed by atoms with Crippen molar-refractivity contribution in [1.82, 2.24) is 16.0 Å². The van der Waals surface area contributed by atoms with E-state index in [9.17, 15) is 19.2 Å². The largest absolute Gasteiger partial charge is 0.481 e. The predicted molar refractivity (Wildman–Crippen MR) is 70.4 cm³/mol. The smallest absolute Gasteiger partial charge is 0.407 e. The van der Waals surface area contributed by atoms with E-state index in [4.69, 9.17) is 9.84 Å². The molecule has 4 N–H and O–H groups in total. The lowest BCUT2D eigenvalue weighted by Gasteiger charge is -2.30. The third-order valence-electron chi connectivity index (χ3n) is 2.99. The van der Waals surface area contributed by atoms with Crippen molar-refractivity contribution in [3.8, 4) is 0 Å². The molecule has 0 aromatic heterocycles. The van der Waals surface area contributed by atoms with E-state index in [1.165, 1.54) is 6.92 Å². The standard InChI is InChI=1S/C12H19N3O6/c1-6(7(16)17)12(8(18)14-9(19)15-12)5-13-10(20)21-11(2,3)4/h6H,5H2,1-4H3,(H,13,20)(H,16,17)(H2,14,15,18,19). The second kappa shape index (κ2) is 5.58. The van der Waals surface area contributed by atoms with E-state index >= 15 is 0 Å². The van der Waals surface area contributed by atoms with Crippen molar-refractivity contribution in [3.05, 3.63) is 0 Å². The van der Waals surface area contributed by atoms with Crippen molar-refractivity contribution < 1.29 is 29.0 Å². The molecule has 0 aromatic carbocycles. The summed E-state index contributed by atoms with van der Waals surface area (Å²) in [6.45, 7) is 5.85. The highest BCUT2D eigenvalue weighted by Crippen LogP contribution is 2.21. The first-order chi connectivity index (χ1) is 9.48. The lowest BCUT2D eigenvalue weighted by Crippen LogP contribution is -2.61. The first kappa shape index (κ1) is 16.7. The van der Waals surface area contributed by atoms with Gasteiger partial charge in [0.25, 0.3) is 5.91 Å². The van der Waals surface area contributed by atoms with E-state index in [-0.39, 0.29) is 0 Å². The quantitative estimate of drug-likeness (QED) is 0.532. The Morgan fingerprint density at radius 1 is 1.38 bits per heavy atom. The number of imide groups is 1. The summed E-state index contributed by atoms with van der Waals surface area (Å²) in [5.41, 5.74) is -2.49. The van der Waals surface area contributed by atoms with Gasteiger partial charge in [-0.1, -0.05) is 0 Å². The van der Waals surface area contributed by atoms with E-state index in [1.54, 1.807) is 20.8 Å². The average Bonchev–Trinajstić information content (AvgIpc) is 2.59. The zero-order valence-corrected chi connectivity index (χ0v) is 12.3. The summed E-state index contributed by atoms with van der Waals surface area (Å²) in [5, 5.41) is 15.6. The number of aliphatic carboxylic acids is 1. The van der Waals surface area contributed by atoms with Crippen LogP contribution in [-0.2, 0) is 14.3 Å². The Labute approximate surface area is 121 Å². The molecule has 0 aromatic rings. The molecule has 0 saturated carbocycles. The van der Waals surface area contributed by atoms with Crippen molar-refractivity contribution in [2.24, 2.45) is 5.92 Å². The Kier molecular flexibility index (Phi) is 4.45. The van der Waals surface area contributed by atoms with Gasteiger partial charge in [-0.3, -0.25) is 14.9 Å². The molecule has 2 atom stereocenters. The molecule has 1 aliphatic rings. The summed E-state index contributed by atoms with van der Waals surface area (Å²) in [7, 11) is 0. The highest BCUT2D eigenvalue weighted by Gasteiger charge is 2.53. The lowest BCUT2D eigenvalue weighted by molar-refractivity contribution is -0.147. The molecule has 4 amide bonds. The van der Waals surface area contributed by atoms with Crippen LogP contribution in [0.2, 0.25) is 0 Å². The van der Waals surface area contributed by atoms with Crippen molar-refractivity contribution in [2.75, 3.05) is 6.54 Å². The number of hydrogen-bond acceptors (Lipinski definition) is 5. The zero-order valence-electron chi connectivity index (χ0n) is 12.3. The van der Waals surface area contributed by atoms with E-state index in [2.05, 4.69) is 10.6 Å². The van der Waals surface area contributed by atoms with Crippen LogP contribution in [0.4, 0.5) is 9.59 Å². The SMILES string of the molecule is CC(C(=O)O)C1(CNC(=O)OC(C)(C)C)NC(=O)NC1=O. The van der Waals surface area contributed by atoms with Crippen LogP contribution in [0.25, 0.3) is 0 Å². The number of rotatable bonds is 4. The molecule has 1 heterocycles. The molecule has 0 aliphatic carbocycles. The van der Waals surface area contributed by atoms with Crippen LogP contribution >= 0.6 is 0 Å². The van der Waals surface area contributed by atoms with Crippen LogP contribution in [0.15, 0.2) is 0 Å². The predicted octanol–water partition coefficient (Wildman–Crippen LogP) is -0.190. The zero-order chi connectivity index (χ0) is 16.4. The fourth-order valence-electron chi connectivity index (χ4n) is 1.82. The van der Waals surface area contributed by atoms with Crippen molar-refractivity contribution >= 4 is 24.0 Å². The maximum absolute atomic E-state index is 11.9. The third kappa shape index (κ3) is 3.83. The van der Waals surface area contributed by atoms with Crippen LogP contribution < -0.4 is 16.0 Å². The number of hydrogen-bond donors (Lipinski definition) is 4. The maximum atomic E-state index is 11.9. The van der Waals surface area contributed by atoms with Gasteiger partial charge in [-0.15, -0.1) is 0 Å². The highest BCUT2D eigenvalue weighted by molar-refractivity contribution is 6.09. The molecule has 9 nitrogen and oxygen atoms in total. The molecular weight excluding hydrogens is 282 g/mol. The topological polar surface area (TPSA) is 134 Å². The average molecular weight is 301 g/mol. The number of nitrogens with one attached hydrogen (secondary N) is 3. The van der Waals surface area contributed by atoms with E-state index in [1.807, 2.05) is 5.32 Å². The molecule has 1 saturated heterocycles. The number of urea groups is 1. The summed E-state index contributed by atoms with van der Waals surface area (Å²) in [6.07, 6.45) is -0.812. The summed E-state index contributed by atoms with van der Waals surface area (Å²) in [5.74, 6) is -3.32. The fourth-order valence-corrected chi connectivity index (χ4v) is 1.82. The summed E-state index contributed by atoms with van der Waals surface area (Å²) in [6, 6.07) is -0.806. The van der Waals surface area contributed by atoms with E-state index in [0.717, 1.165) is 0 Å². The van der Waals surface area contributed by atoms with Gasteiger partial charge in [-0.2, -0.15) is 0 Å². The van der Waals surface area contributed by atoms with Crippen LogP contribution in [-0.4, -0.2) is 46.8 Å². The first-order valence-corrected chi connectivity index (χ1v) is 6.31. The molecule has 0 radical (unpaired) electrons. The van der Waals surface area contributed by atoms with Gasteiger partial charge in [0.15, 0.2) is 5.54 Å². The molecular formula is C12H19N3O6. The van der Waals surface area contributed by atoms with Gasteiger partial charge in [0, 0.05) is 0 Å². The minimum atomic E-state index is -1.75. The molecule has 21 heavy (non-hydrogen) atoms. The minimum absolute atomic E-state index is 0.396. The molecule has 1 rings (SSSR count). The lowest BCUT2D eigenvalue weighted by atomic mass is 9.85. The number of carboxylic acid groups (broad SMARTS) is 1. The molecule has 118 valence electrons. The fraction of sp³-hybridized carbons (Fsp3) is 0.667. The second-order valence-electron chi connectivity index (χ2n) is 5.79. The van der Waals surface area contributed by atoms with Gasteiger partial charge < -0.3 is 20.5 Å². The third-order valence-corrected chi connectivity index (χ3v) is 2.99. The first-order valence-electron chi connectivity index (χ1n) is 6.31. The minimum Gasteiger partial charge on any atom is -0.481 e. The molecule has 9 heteroatoms. The van der Waals surface area contributed by atoms with Gasteiger partial charge in [-0.25, -0.2) is 9.59 Å². The van der Waals surface area contributed by atoms with Crippen molar-refractivity contribution in [1.29, 1.82) is 0 Å². The van der Waals surface area contributed by atoms with Gasteiger partial charge >= 0.3 is 18.1 Å². The number of alkyl carbamates (subject to hydrolysis) is 1. The summed E-state index contributed by atoms with van der Waals surface area (Å²) in [4.78, 5) is 45.9.